The first-order valence-corrected chi connectivity index (χ1v) is 7.78. The summed E-state index contributed by atoms with van der Waals surface area (Å²) in [6, 6.07) is 8.31. The second-order valence-corrected chi connectivity index (χ2v) is 5.15. The van der Waals surface area contributed by atoms with Gasteiger partial charge in [-0.15, -0.1) is 0 Å². The van der Waals surface area contributed by atoms with E-state index in [-0.39, 0.29) is 0 Å². The summed E-state index contributed by atoms with van der Waals surface area (Å²) in [6.07, 6.45) is 2.38. The molecule has 0 heterocycles. The molecular formula is C17H29N3O. The number of hydrogen-bond acceptors (Lipinski definition) is 2. The van der Waals surface area contributed by atoms with Crippen molar-refractivity contribution >= 4 is 5.96 Å². The SMILES string of the molecule is CCCCN(C)C(=NCc1ccccc1COC)NCC. The maximum absolute atomic E-state index is 5.25. The molecule has 0 radical (unpaired) electrons. The highest BCUT2D eigenvalue weighted by Gasteiger charge is 2.06. The molecule has 118 valence electrons. The maximum atomic E-state index is 5.25. The van der Waals surface area contributed by atoms with Gasteiger partial charge in [0.15, 0.2) is 5.96 Å². The van der Waals surface area contributed by atoms with Crippen molar-refractivity contribution in [2.24, 2.45) is 4.99 Å². The molecular weight excluding hydrogens is 262 g/mol. The quantitative estimate of drug-likeness (QED) is 0.591. The minimum atomic E-state index is 0.633. The Morgan fingerprint density at radius 1 is 1.24 bits per heavy atom. The molecule has 0 aliphatic heterocycles. The van der Waals surface area contributed by atoms with Gasteiger partial charge in [-0.1, -0.05) is 37.6 Å². The molecule has 0 bridgehead atoms. The molecule has 0 spiro atoms. The first kappa shape index (κ1) is 17.5. The first-order chi connectivity index (χ1) is 10.2. The van der Waals surface area contributed by atoms with Crippen LogP contribution in [0.2, 0.25) is 0 Å². The van der Waals surface area contributed by atoms with Crippen LogP contribution < -0.4 is 5.32 Å². The summed E-state index contributed by atoms with van der Waals surface area (Å²) in [6.45, 7) is 7.53. The minimum absolute atomic E-state index is 0.633. The van der Waals surface area contributed by atoms with Gasteiger partial charge in [-0.05, 0) is 24.5 Å². The molecule has 0 saturated carbocycles. The summed E-state index contributed by atoms with van der Waals surface area (Å²) < 4.78 is 5.25. The van der Waals surface area contributed by atoms with Crippen molar-refractivity contribution in [3.8, 4) is 0 Å². The van der Waals surface area contributed by atoms with Crippen LogP contribution >= 0.6 is 0 Å². The standard InChI is InChI=1S/C17H29N3O/c1-5-7-12-20(3)17(18-6-2)19-13-15-10-8-9-11-16(15)14-21-4/h8-11H,5-7,12-14H2,1-4H3,(H,18,19). The van der Waals surface area contributed by atoms with Gasteiger partial charge in [0.1, 0.15) is 0 Å². The van der Waals surface area contributed by atoms with Crippen LogP contribution in [0.3, 0.4) is 0 Å². The van der Waals surface area contributed by atoms with E-state index < -0.39 is 0 Å². The van der Waals surface area contributed by atoms with Crippen LogP contribution in [0, 0.1) is 0 Å². The number of unbranched alkanes of at least 4 members (excludes halogenated alkanes) is 1. The highest BCUT2D eigenvalue weighted by molar-refractivity contribution is 5.79. The Kier molecular flexibility index (Phi) is 8.51. The second-order valence-electron chi connectivity index (χ2n) is 5.15. The van der Waals surface area contributed by atoms with E-state index in [1.807, 2.05) is 6.07 Å². The molecule has 0 atom stereocenters. The van der Waals surface area contributed by atoms with Crippen LogP contribution in [0.5, 0.6) is 0 Å². The second kappa shape index (κ2) is 10.2. The molecule has 0 aliphatic rings. The molecule has 0 saturated heterocycles. The maximum Gasteiger partial charge on any atom is 0.193 e. The lowest BCUT2D eigenvalue weighted by Crippen LogP contribution is -2.39. The minimum Gasteiger partial charge on any atom is -0.380 e. The van der Waals surface area contributed by atoms with Gasteiger partial charge in [0.05, 0.1) is 13.2 Å². The van der Waals surface area contributed by atoms with E-state index in [0.29, 0.717) is 13.2 Å². The molecule has 4 heteroatoms. The van der Waals surface area contributed by atoms with Gasteiger partial charge in [-0.2, -0.15) is 0 Å². The van der Waals surface area contributed by atoms with Crippen molar-refractivity contribution in [1.82, 2.24) is 10.2 Å². The van der Waals surface area contributed by atoms with Crippen molar-refractivity contribution in [1.29, 1.82) is 0 Å². The van der Waals surface area contributed by atoms with E-state index >= 15 is 0 Å². The summed E-state index contributed by atoms with van der Waals surface area (Å²) in [5.74, 6) is 0.971. The molecule has 0 unspecified atom stereocenters. The number of rotatable bonds is 8. The zero-order valence-electron chi connectivity index (χ0n) is 13.9. The lowest BCUT2D eigenvalue weighted by molar-refractivity contribution is 0.184. The van der Waals surface area contributed by atoms with Crippen molar-refractivity contribution in [2.45, 2.75) is 39.8 Å². The molecule has 1 N–H and O–H groups in total. The third-order valence-electron chi connectivity index (χ3n) is 3.36. The summed E-state index contributed by atoms with van der Waals surface area (Å²) in [7, 11) is 3.82. The zero-order chi connectivity index (χ0) is 15.5. The van der Waals surface area contributed by atoms with Crippen molar-refractivity contribution < 1.29 is 4.74 Å². The summed E-state index contributed by atoms with van der Waals surface area (Å²) >= 11 is 0. The summed E-state index contributed by atoms with van der Waals surface area (Å²) in [5.41, 5.74) is 2.43. The predicted molar refractivity (Wildman–Crippen MR) is 89.5 cm³/mol. The fraction of sp³-hybridized carbons (Fsp3) is 0.588. The predicted octanol–water partition coefficient (Wildman–Crippen LogP) is 3.03. The Balaban J connectivity index is 2.77. The lowest BCUT2D eigenvalue weighted by atomic mass is 10.1. The third-order valence-corrected chi connectivity index (χ3v) is 3.36. The van der Waals surface area contributed by atoms with Gasteiger partial charge < -0.3 is 15.0 Å². The average molecular weight is 291 g/mol. The molecule has 1 aromatic rings. The van der Waals surface area contributed by atoms with Crippen LogP contribution in [0.1, 0.15) is 37.8 Å². The van der Waals surface area contributed by atoms with Crippen LogP contribution in [0.25, 0.3) is 0 Å². The summed E-state index contributed by atoms with van der Waals surface area (Å²) in [5, 5.41) is 3.36. The molecule has 1 aromatic carbocycles. The smallest absolute Gasteiger partial charge is 0.193 e. The number of nitrogens with zero attached hydrogens (tertiary/aromatic N) is 2. The van der Waals surface area contributed by atoms with Crippen LogP contribution in [0.15, 0.2) is 29.3 Å². The van der Waals surface area contributed by atoms with Crippen LogP contribution in [0.4, 0.5) is 0 Å². The average Bonchev–Trinajstić information content (AvgIpc) is 2.50. The van der Waals surface area contributed by atoms with E-state index in [0.717, 1.165) is 19.0 Å². The lowest BCUT2D eigenvalue weighted by Gasteiger charge is -2.22. The molecule has 4 nitrogen and oxygen atoms in total. The highest BCUT2D eigenvalue weighted by Crippen LogP contribution is 2.11. The Labute approximate surface area is 129 Å². The fourth-order valence-corrected chi connectivity index (χ4v) is 2.14. The number of nitrogens with one attached hydrogen (secondary N) is 1. The Morgan fingerprint density at radius 3 is 2.57 bits per heavy atom. The topological polar surface area (TPSA) is 36.9 Å². The van der Waals surface area contributed by atoms with Crippen LogP contribution in [-0.4, -0.2) is 38.1 Å². The van der Waals surface area contributed by atoms with Gasteiger partial charge >= 0.3 is 0 Å². The normalized spacial score (nSPS) is 11.5. The number of benzene rings is 1. The first-order valence-electron chi connectivity index (χ1n) is 7.78. The monoisotopic (exact) mass is 291 g/mol. The Morgan fingerprint density at radius 2 is 1.95 bits per heavy atom. The number of hydrogen-bond donors (Lipinski definition) is 1. The number of methoxy groups -OCH3 is 1. The number of ether oxygens (including phenoxy) is 1. The molecule has 1 rings (SSSR count). The van der Waals surface area contributed by atoms with Gasteiger partial charge in [-0.3, -0.25) is 0 Å². The van der Waals surface area contributed by atoms with Crippen LogP contribution in [-0.2, 0) is 17.9 Å². The fourth-order valence-electron chi connectivity index (χ4n) is 2.14. The zero-order valence-corrected chi connectivity index (χ0v) is 13.9. The molecule has 21 heavy (non-hydrogen) atoms. The molecule has 0 amide bonds. The van der Waals surface area contributed by atoms with E-state index in [9.17, 15) is 0 Å². The Bertz CT molecular complexity index is 432. The van der Waals surface area contributed by atoms with Crippen molar-refractivity contribution in [2.75, 3.05) is 27.2 Å². The summed E-state index contributed by atoms with van der Waals surface area (Å²) in [4.78, 5) is 6.96. The molecule has 0 aromatic heterocycles. The van der Waals surface area contributed by atoms with Crippen molar-refractivity contribution in [3.05, 3.63) is 35.4 Å². The number of aliphatic imine (C=N–C) groups is 1. The Hall–Kier alpha value is -1.55. The van der Waals surface area contributed by atoms with E-state index in [2.05, 4.69) is 49.3 Å². The van der Waals surface area contributed by atoms with E-state index in [1.54, 1.807) is 7.11 Å². The van der Waals surface area contributed by atoms with Gasteiger partial charge in [0.2, 0.25) is 0 Å². The van der Waals surface area contributed by atoms with Crippen molar-refractivity contribution in [3.63, 3.8) is 0 Å². The third kappa shape index (κ3) is 6.17. The molecule has 0 fully saturated rings. The molecule has 0 aliphatic carbocycles. The van der Waals surface area contributed by atoms with Gasteiger partial charge in [0.25, 0.3) is 0 Å². The number of guanidine groups is 1. The highest BCUT2D eigenvalue weighted by atomic mass is 16.5. The van der Waals surface area contributed by atoms with Gasteiger partial charge in [0, 0.05) is 27.2 Å². The van der Waals surface area contributed by atoms with E-state index in [4.69, 9.17) is 9.73 Å². The largest absolute Gasteiger partial charge is 0.380 e. The van der Waals surface area contributed by atoms with E-state index in [1.165, 1.54) is 24.0 Å². The van der Waals surface area contributed by atoms with Gasteiger partial charge in [-0.25, -0.2) is 4.99 Å².